The first-order valence-electron chi connectivity index (χ1n) is 10.6. The van der Waals surface area contributed by atoms with E-state index in [4.69, 9.17) is 9.84 Å². The summed E-state index contributed by atoms with van der Waals surface area (Å²) in [5.41, 5.74) is 4.00. The minimum atomic E-state index is -0.284. The second-order valence-electron chi connectivity index (χ2n) is 8.88. The fourth-order valence-corrected chi connectivity index (χ4v) is 4.21. The van der Waals surface area contributed by atoms with Gasteiger partial charge >= 0.3 is 0 Å². The molecular formula is C26H27N3O3. The predicted molar refractivity (Wildman–Crippen MR) is 127 cm³/mol. The van der Waals surface area contributed by atoms with Gasteiger partial charge in [-0.3, -0.25) is 4.79 Å². The lowest BCUT2D eigenvalue weighted by Gasteiger charge is -2.28. The Morgan fingerprint density at radius 1 is 1.19 bits per heavy atom. The Kier molecular flexibility index (Phi) is 5.70. The fourth-order valence-electron chi connectivity index (χ4n) is 4.21. The second-order valence-corrected chi connectivity index (χ2v) is 8.88. The van der Waals surface area contributed by atoms with Crippen LogP contribution in [0.25, 0.3) is 6.08 Å². The number of methoxy groups -OCH3 is 1. The quantitative estimate of drug-likeness (QED) is 0.539. The highest BCUT2D eigenvalue weighted by atomic mass is 16.5. The first kappa shape index (κ1) is 21.6. The zero-order valence-corrected chi connectivity index (χ0v) is 18.8. The van der Waals surface area contributed by atoms with Crippen molar-refractivity contribution in [2.75, 3.05) is 7.11 Å². The molecule has 0 spiro atoms. The first-order chi connectivity index (χ1) is 15.3. The number of carbonyl (C=O) groups is 1. The lowest BCUT2D eigenvalue weighted by molar-refractivity contribution is -0.122. The SMILES string of the molecule is COc1cc(/C=C2/N=C(c3ccccc3)N(/N=C3\CC(C)=CC(C)(C)C3)C2=O)ccc1O. The maximum atomic E-state index is 13.4. The highest BCUT2D eigenvalue weighted by molar-refractivity contribution is 6.20. The van der Waals surface area contributed by atoms with E-state index < -0.39 is 0 Å². The Balaban J connectivity index is 1.75. The third-order valence-corrected chi connectivity index (χ3v) is 5.40. The van der Waals surface area contributed by atoms with E-state index in [1.807, 2.05) is 30.3 Å². The van der Waals surface area contributed by atoms with Crippen LogP contribution in [-0.2, 0) is 4.79 Å². The van der Waals surface area contributed by atoms with Crippen molar-refractivity contribution in [2.24, 2.45) is 15.5 Å². The highest BCUT2D eigenvalue weighted by Crippen LogP contribution is 2.33. The Morgan fingerprint density at radius 3 is 2.62 bits per heavy atom. The van der Waals surface area contributed by atoms with E-state index in [1.54, 1.807) is 18.2 Å². The molecule has 32 heavy (non-hydrogen) atoms. The molecule has 6 nitrogen and oxygen atoms in total. The third kappa shape index (κ3) is 4.49. The van der Waals surface area contributed by atoms with Crippen LogP contribution in [-0.4, -0.2) is 34.7 Å². The van der Waals surface area contributed by atoms with Gasteiger partial charge in [0.05, 0.1) is 7.11 Å². The van der Waals surface area contributed by atoms with Crippen LogP contribution < -0.4 is 4.74 Å². The van der Waals surface area contributed by atoms with Crippen molar-refractivity contribution in [2.45, 2.75) is 33.6 Å². The normalized spacial score (nSPS) is 20.5. The van der Waals surface area contributed by atoms with Gasteiger partial charge in [-0.2, -0.15) is 10.1 Å². The van der Waals surface area contributed by atoms with Gasteiger partial charge in [0.1, 0.15) is 5.70 Å². The molecule has 0 bridgehead atoms. The number of hydrogen-bond donors (Lipinski definition) is 1. The van der Waals surface area contributed by atoms with Gasteiger partial charge in [0.2, 0.25) is 0 Å². The van der Waals surface area contributed by atoms with Gasteiger partial charge in [0.25, 0.3) is 5.91 Å². The number of carbonyl (C=O) groups excluding carboxylic acids is 1. The van der Waals surface area contributed by atoms with Gasteiger partial charge in [0.15, 0.2) is 17.3 Å². The van der Waals surface area contributed by atoms with Crippen LogP contribution in [0.5, 0.6) is 11.5 Å². The Labute approximate surface area is 188 Å². The molecule has 6 heteroatoms. The molecule has 0 saturated carbocycles. The predicted octanol–water partition coefficient (Wildman–Crippen LogP) is 5.15. The molecule has 4 rings (SSSR count). The Bertz CT molecular complexity index is 1170. The number of benzene rings is 2. The van der Waals surface area contributed by atoms with Gasteiger partial charge in [0, 0.05) is 17.7 Å². The molecule has 1 aliphatic carbocycles. The minimum absolute atomic E-state index is 0.00471. The van der Waals surface area contributed by atoms with Gasteiger partial charge in [-0.25, -0.2) is 4.99 Å². The summed E-state index contributed by atoms with van der Waals surface area (Å²) in [5.74, 6) is 0.594. The van der Waals surface area contributed by atoms with Crippen molar-refractivity contribution >= 4 is 23.5 Å². The number of phenols is 1. The molecule has 0 atom stereocenters. The number of ether oxygens (including phenoxy) is 1. The van der Waals surface area contributed by atoms with Crippen molar-refractivity contribution in [3.8, 4) is 11.5 Å². The highest BCUT2D eigenvalue weighted by Gasteiger charge is 2.33. The molecule has 2 aromatic carbocycles. The minimum Gasteiger partial charge on any atom is -0.504 e. The van der Waals surface area contributed by atoms with Crippen LogP contribution in [0.2, 0.25) is 0 Å². The average molecular weight is 430 g/mol. The summed E-state index contributed by atoms with van der Waals surface area (Å²) in [5, 5.41) is 16.1. The first-order valence-corrected chi connectivity index (χ1v) is 10.6. The van der Waals surface area contributed by atoms with E-state index in [9.17, 15) is 9.90 Å². The molecule has 2 aromatic rings. The van der Waals surface area contributed by atoms with Gasteiger partial charge < -0.3 is 9.84 Å². The topological polar surface area (TPSA) is 74.5 Å². The summed E-state index contributed by atoms with van der Waals surface area (Å²) in [4.78, 5) is 18.0. The van der Waals surface area contributed by atoms with E-state index in [0.29, 0.717) is 17.1 Å². The van der Waals surface area contributed by atoms with Crippen molar-refractivity contribution in [3.05, 3.63) is 77.0 Å². The van der Waals surface area contributed by atoms with Gasteiger partial charge in [-0.1, -0.05) is 61.9 Å². The van der Waals surface area contributed by atoms with E-state index in [2.05, 4.69) is 31.8 Å². The summed E-state index contributed by atoms with van der Waals surface area (Å²) >= 11 is 0. The van der Waals surface area contributed by atoms with Gasteiger partial charge in [-0.15, -0.1) is 0 Å². The molecule has 1 heterocycles. The molecule has 0 unspecified atom stereocenters. The summed E-state index contributed by atoms with van der Waals surface area (Å²) in [6.45, 7) is 6.44. The van der Waals surface area contributed by atoms with Crippen LogP contribution in [0, 0.1) is 5.41 Å². The summed E-state index contributed by atoms with van der Waals surface area (Å²) in [7, 11) is 1.48. The zero-order valence-electron chi connectivity index (χ0n) is 18.8. The van der Waals surface area contributed by atoms with Gasteiger partial charge in [-0.05, 0) is 42.5 Å². The summed E-state index contributed by atoms with van der Waals surface area (Å²) in [6, 6.07) is 14.5. The average Bonchev–Trinajstić information content (AvgIpc) is 3.04. The number of rotatable bonds is 4. The molecular weight excluding hydrogens is 402 g/mol. The molecule has 164 valence electrons. The number of aliphatic imine (C=N–C) groups is 1. The zero-order chi connectivity index (χ0) is 22.9. The standard InChI is InChI=1S/C26H27N3O3/c1-17-12-20(16-26(2,3)15-17)28-29-24(19-8-6-5-7-9-19)27-21(25(29)31)13-18-10-11-22(30)23(14-18)32-4/h5-11,13-15,30H,12,16H2,1-4H3/b21-13+,28-20+. The van der Waals surface area contributed by atoms with Crippen molar-refractivity contribution in [1.29, 1.82) is 0 Å². The van der Waals surface area contributed by atoms with Crippen LogP contribution in [0.15, 0.2) is 76.0 Å². The maximum Gasteiger partial charge on any atom is 0.298 e. The van der Waals surface area contributed by atoms with Crippen molar-refractivity contribution < 1.29 is 14.6 Å². The summed E-state index contributed by atoms with van der Waals surface area (Å²) in [6.07, 6.45) is 5.48. The number of aromatic hydroxyl groups is 1. The van der Waals surface area contributed by atoms with E-state index in [0.717, 1.165) is 24.1 Å². The van der Waals surface area contributed by atoms with Crippen molar-refractivity contribution in [1.82, 2.24) is 5.01 Å². The van der Waals surface area contributed by atoms with E-state index in [1.165, 1.54) is 23.8 Å². The molecule has 0 aromatic heterocycles. The summed E-state index contributed by atoms with van der Waals surface area (Å²) < 4.78 is 5.18. The molecule has 1 N–H and O–H groups in total. The molecule has 1 amide bonds. The smallest absolute Gasteiger partial charge is 0.298 e. The maximum absolute atomic E-state index is 13.4. The molecule has 2 aliphatic rings. The largest absolute Gasteiger partial charge is 0.504 e. The fraction of sp³-hybridized carbons (Fsp3) is 0.269. The monoisotopic (exact) mass is 429 g/mol. The Morgan fingerprint density at radius 2 is 1.94 bits per heavy atom. The van der Waals surface area contributed by atoms with Crippen LogP contribution in [0.4, 0.5) is 0 Å². The molecule has 0 saturated heterocycles. The number of phenolic OH excluding ortho intramolecular Hbond substituents is 1. The van der Waals surface area contributed by atoms with Crippen LogP contribution in [0.3, 0.4) is 0 Å². The molecule has 1 aliphatic heterocycles. The lowest BCUT2D eigenvalue weighted by atomic mass is 9.79. The van der Waals surface area contributed by atoms with Crippen LogP contribution >= 0.6 is 0 Å². The third-order valence-electron chi connectivity index (χ3n) is 5.40. The Hall–Kier alpha value is -3.67. The number of allylic oxidation sites excluding steroid dienone is 2. The number of nitrogens with zero attached hydrogens (tertiary/aromatic N) is 3. The number of amidine groups is 1. The number of hydrogen-bond acceptors (Lipinski definition) is 5. The number of amides is 1. The second kappa shape index (κ2) is 8.46. The van der Waals surface area contributed by atoms with E-state index >= 15 is 0 Å². The van der Waals surface area contributed by atoms with Crippen molar-refractivity contribution in [3.63, 3.8) is 0 Å². The number of hydrazone groups is 1. The van der Waals surface area contributed by atoms with E-state index in [-0.39, 0.29) is 22.8 Å². The van der Waals surface area contributed by atoms with Crippen LogP contribution in [0.1, 0.15) is 44.7 Å². The molecule has 0 fully saturated rings. The lowest BCUT2D eigenvalue weighted by Crippen LogP contribution is -2.31. The molecule has 0 radical (unpaired) electrons.